The predicted molar refractivity (Wildman–Crippen MR) is 79.0 cm³/mol. The first-order valence-corrected chi connectivity index (χ1v) is 7.44. The van der Waals surface area contributed by atoms with E-state index in [-0.39, 0.29) is 11.7 Å². The van der Waals surface area contributed by atoms with Gasteiger partial charge in [0.2, 0.25) is 0 Å². The van der Waals surface area contributed by atoms with E-state index < -0.39 is 0 Å². The minimum atomic E-state index is 0.0132. The highest BCUT2D eigenvalue weighted by Crippen LogP contribution is 2.33. The molecule has 0 amide bonds. The number of aromatic nitrogens is 2. The molecule has 1 heterocycles. The van der Waals surface area contributed by atoms with Gasteiger partial charge in [-0.05, 0) is 36.8 Å². The third-order valence-corrected chi connectivity index (χ3v) is 4.06. The summed E-state index contributed by atoms with van der Waals surface area (Å²) in [5, 5.41) is 4.27. The molecule has 0 N–H and O–H groups in total. The fourth-order valence-electron chi connectivity index (χ4n) is 3.07. The molecule has 1 atom stereocenters. The number of hydrogen-bond acceptors (Lipinski definition) is 2. The molecule has 2 aromatic rings. The van der Waals surface area contributed by atoms with Gasteiger partial charge < -0.3 is 0 Å². The van der Waals surface area contributed by atoms with Gasteiger partial charge in [0.25, 0.3) is 0 Å². The number of rotatable bonds is 4. The second-order valence-corrected chi connectivity index (χ2v) is 5.50. The van der Waals surface area contributed by atoms with Crippen LogP contribution < -0.4 is 0 Å². The van der Waals surface area contributed by atoms with Gasteiger partial charge in [0.05, 0.1) is 11.8 Å². The smallest absolute Gasteiger partial charge is 0.173 e. The summed E-state index contributed by atoms with van der Waals surface area (Å²) in [6, 6.07) is 8.35. The number of fused-ring (bicyclic) bond motifs is 1. The van der Waals surface area contributed by atoms with Gasteiger partial charge in [0, 0.05) is 18.7 Å². The molecule has 3 rings (SSSR count). The van der Waals surface area contributed by atoms with E-state index in [1.807, 2.05) is 16.9 Å². The van der Waals surface area contributed by atoms with Crippen molar-refractivity contribution in [2.24, 2.45) is 0 Å². The fraction of sp³-hybridized carbons (Fsp3) is 0.412. The SMILES string of the molecule is CCCn1cc(C(=O)C2CCCc3ccccc32)cn1. The van der Waals surface area contributed by atoms with Gasteiger partial charge in [-0.3, -0.25) is 9.48 Å². The lowest BCUT2D eigenvalue weighted by Gasteiger charge is -2.23. The van der Waals surface area contributed by atoms with Crippen molar-refractivity contribution < 1.29 is 4.79 Å². The predicted octanol–water partition coefficient (Wildman–Crippen LogP) is 3.60. The molecule has 0 saturated heterocycles. The molecular weight excluding hydrogens is 248 g/mol. The van der Waals surface area contributed by atoms with Crippen LogP contribution in [0.5, 0.6) is 0 Å². The number of ketones is 1. The second-order valence-electron chi connectivity index (χ2n) is 5.50. The Morgan fingerprint density at radius 1 is 1.40 bits per heavy atom. The van der Waals surface area contributed by atoms with Gasteiger partial charge in [-0.25, -0.2) is 0 Å². The third kappa shape index (κ3) is 2.40. The van der Waals surface area contributed by atoms with Gasteiger partial charge in [-0.1, -0.05) is 31.2 Å². The lowest BCUT2D eigenvalue weighted by Crippen LogP contribution is -2.18. The minimum absolute atomic E-state index is 0.0132. The number of nitrogens with zero attached hydrogens (tertiary/aromatic N) is 2. The second kappa shape index (κ2) is 5.61. The highest BCUT2D eigenvalue weighted by Gasteiger charge is 2.27. The van der Waals surface area contributed by atoms with Crippen LogP contribution in [0, 0.1) is 0 Å². The number of hydrogen-bond donors (Lipinski definition) is 0. The molecule has 3 nitrogen and oxygen atoms in total. The van der Waals surface area contributed by atoms with Crippen LogP contribution >= 0.6 is 0 Å². The van der Waals surface area contributed by atoms with Crippen LogP contribution in [0.25, 0.3) is 0 Å². The molecular formula is C17H20N2O. The van der Waals surface area contributed by atoms with Crippen molar-refractivity contribution in [3.8, 4) is 0 Å². The molecule has 0 aliphatic heterocycles. The number of carbonyl (C=O) groups is 1. The summed E-state index contributed by atoms with van der Waals surface area (Å²) in [4.78, 5) is 12.7. The Kier molecular flexibility index (Phi) is 3.68. The molecule has 1 aromatic heterocycles. The monoisotopic (exact) mass is 268 g/mol. The zero-order valence-electron chi connectivity index (χ0n) is 11.9. The van der Waals surface area contributed by atoms with Gasteiger partial charge in [-0.15, -0.1) is 0 Å². The standard InChI is InChI=1S/C17H20N2O/c1-2-10-19-12-14(11-18-19)17(20)16-9-5-7-13-6-3-4-8-15(13)16/h3-4,6,8,11-12,16H,2,5,7,9-10H2,1H3. The van der Waals surface area contributed by atoms with Crippen molar-refractivity contribution in [3.63, 3.8) is 0 Å². The Bertz CT molecular complexity index is 615. The fourth-order valence-corrected chi connectivity index (χ4v) is 3.07. The topological polar surface area (TPSA) is 34.9 Å². The average Bonchev–Trinajstić information content (AvgIpc) is 2.95. The van der Waals surface area contributed by atoms with Gasteiger partial charge in [0.15, 0.2) is 5.78 Å². The van der Waals surface area contributed by atoms with Crippen LogP contribution in [0.1, 0.15) is 53.6 Å². The first-order valence-electron chi connectivity index (χ1n) is 7.44. The van der Waals surface area contributed by atoms with E-state index in [2.05, 4.69) is 30.2 Å². The largest absolute Gasteiger partial charge is 0.293 e. The Hall–Kier alpha value is -1.90. The van der Waals surface area contributed by atoms with Gasteiger partial charge >= 0.3 is 0 Å². The molecule has 1 aromatic carbocycles. The number of aryl methyl sites for hydroxylation is 2. The van der Waals surface area contributed by atoms with Crippen molar-refractivity contribution >= 4 is 5.78 Å². The van der Waals surface area contributed by atoms with E-state index in [4.69, 9.17) is 0 Å². The summed E-state index contributed by atoms with van der Waals surface area (Å²) in [7, 11) is 0. The maximum atomic E-state index is 12.7. The van der Waals surface area contributed by atoms with Crippen LogP contribution in [0.15, 0.2) is 36.7 Å². The first-order chi connectivity index (χ1) is 9.79. The lowest BCUT2D eigenvalue weighted by molar-refractivity contribution is 0.0951. The maximum Gasteiger partial charge on any atom is 0.173 e. The van der Waals surface area contributed by atoms with Crippen LogP contribution in [0.3, 0.4) is 0 Å². The summed E-state index contributed by atoms with van der Waals surface area (Å²) in [5.74, 6) is 0.235. The highest BCUT2D eigenvalue weighted by molar-refractivity contribution is 6.00. The van der Waals surface area contributed by atoms with Crippen LogP contribution in [0.4, 0.5) is 0 Å². The molecule has 0 spiro atoms. The molecule has 20 heavy (non-hydrogen) atoms. The third-order valence-electron chi connectivity index (χ3n) is 4.06. The Morgan fingerprint density at radius 2 is 2.25 bits per heavy atom. The van der Waals surface area contributed by atoms with Crippen LogP contribution in [0.2, 0.25) is 0 Å². The molecule has 0 saturated carbocycles. The molecule has 0 radical (unpaired) electrons. The van der Waals surface area contributed by atoms with E-state index in [1.54, 1.807) is 6.20 Å². The van der Waals surface area contributed by atoms with Crippen molar-refractivity contribution in [1.82, 2.24) is 9.78 Å². The number of Topliss-reactive ketones (excluding diaryl/α,β-unsaturated/α-hetero) is 1. The number of benzene rings is 1. The van der Waals surface area contributed by atoms with E-state index in [1.165, 1.54) is 11.1 Å². The zero-order valence-corrected chi connectivity index (χ0v) is 11.9. The quantitative estimate of drug-likeness (QED) is 0.794. The average molecular weight is 268 g/mol. The molecule has 1 aliphatic rings. The van der Waals surface area contributed by atoms with Gasteiger partial charge in [-0.2, -0.15) is 5.10 Å². The normalized spacial score (nSPS) is 17.8. The van der Waals surface area contributed by atoms with Crippen molar-refractivity contribution in [2.75, 3.05) is 0 Å². The molecule has 0 bridgehead atoms. The lowest BCUT2D eigenvalue weighted by atomic mass is 9.79. The number of carbonyl (C=O) groups excluding carboxylic acids is 1. The molecule has 0 fully saturated rings. The zero-order chi connectivity index (χ0) is 13.9. The summed E-state index contributed by atoms with van der Waals surface area (Å²) < 4.78 is 1.86. The Balaban J connectivity index is 1.87. The highest BCUT2D eigenvalue weighted by atomic mass is 16.1. The van der Waals surface area contributed by atoms with E-state index in [0.29, 0.717) is 0 Å². The van der Waals surface area contributed by atoms with E-state index in [9.17, 15) is 4.79 Å². The van der Waals surface area contributed by atoms with E-state index in [0.717, 1.165) is 37.8 Å². The van der Waals surface area contributed by atoms with Crippen LogP contribution in [-0.2, 0) is 13.0 Å². The summed E-state index contributed by atoms with van der Waals surface area (Å²) in [6.45, 7) is 2.98. The van der Waals surface area contributed by atoms with Gasteiger partial charge in [0.1, 0.15) is 0 Å². The Labute approximate surface area is 119 Å². The minimum Gasteiger partial charge on any atom is -0.293 e. The molecule has 3 heteroatoms. The Morgan fingerprint density at radius 3 is 3.10 bits per heavy atom. The molecule has 1 aliphatic carbocycles. The van der Waals surface area contributed by atoms with Crippen LogP contribution in [-0.4, -0.2) is 15.6 Å². The first kappa shape index (κ1) is 13.1. The summed E-state index contributed by atoms with van der Waals surface area (Å²) >= 11 is 0. The van der Waals surface area contributed by atoms with Crippen molar-refractivity contribution in [2.45, 2.75) is 45.1 Å². The van der Waals surface area contributed by atoms with Crippen molar-refractivity contribution in [3.05, 3.63) is 53.3 Å². The molecule has 104 valence electrons. The van der Waals surface area contributed by atoms with Crippen molar-refractivity contribution in [1.29, 1.82) is 0 Å². The maximum absolute atomic E-state index is 12.7. The summed E-state index contributed by atoms with van der Waals surface area (Å²) in [6.07, 6.45) is 7.78. The molecule has 1 unspecified atom stereocenters. The van der Waals surface area contributed by atoms with E-state index >= 15 is 0 Å². The summed E-state index contributed by atoms with van der Waals surface area (Å²) in [5.41, 5.74) is 3.30.